The maximum atomic E-state index is 13.1. The molecule has 78 valence electrons. The predicted molar refractivity (Wildman–Crippen MR) is 55.0 cm³/mol. The molecule has 0 spiro atoms. The maximum absolute atomic E-state index is 13.1. The second-order valence-electron chi connectivity index (χ2n) is 3.22. The fourth-order valence-electron chi connectivity index (χ4n) is 1.05. The third-order valence-corrected chi connectivity index (χ3v) is 2.59. The molecule has 0 aliphatic rings. The molecule has 14 heavy (non-hydrogen) atoms. The van der Waals surface area contributed by atoms with Gasteiger partial charge in [0.25, 0.3) is 0 Å². The maximum Gasteiger partial charge on any atom is 0.142 e. The number of nitrogens with two attached hydrogens (primary N) is 1. The zero-order valence-corrected chi connectivity index (χ0v) is 9.03. The van der Waals surface area contributed by atoms with Gasteiger partial charge < -0.3 is 10.8 Å². The van der Waals surface area contributed by atoms with Gasteiger partial charge >= 0.3 is 0 Å². The first-order valence-electron chi connectivity index (χ1n) is 3.96. The van der Waals surface area contributed by atoms with Crippen molar-refractivity contribution in [2.75, 3.05) is 6.54 Å². The van der Waals surface area contributed by atoms with E-state index in [0.29, 0.717) is 0 Å². The molecular formula is C9H10Cl2FNO. The molecule has 1 unspecified atom stereocenters. The summed E-state index contributed by atoms with van der Waals surface area (Å²) in [5, 5.41) is 9.90. The highest BCUT2D eigenvalue weighted by Crippen LogP contribution is 2.31. The Hall–Kier alpha value is -0.350. The summed E-state index contributed by atoms with van der Waals surface area (Å²) in [6.07, 6.45) is 0. The number of rotatable bonds is 2. The minimum absolute atomic E-state index is 0.0478. The van der Waals surface area contributed by atoms with E-state index >= 15 is 0 Å². The van der Waals surface area contributed by atoms with Crippen molar-refractivity contribution < 1.29 is 9.50 Å². The lowest BCUT2D eigenvalue weighted by atomic mass is 9.96. The van der Waals surface area contributed by atoms with Gasteiger partial charge in [0.05, 0.1) is 5.02 Å². The van der Waals surface area contributed by atoms with Gasteiger partial charge in [-0.2, -0.15) is 0 Å². The summed E-state index contributed by atoms with van der Waals surface area (Å²) in [5.74, 6) is -0.625. The molecule has 0 amide bonds. The lowest BCUT2D eigenvalue weighted by Crippen LogP contribution is -2.31. The van der Waals surface area contributed by atoms with Crippen molar-refractivity contribution in [3.05, 3.63) is 33.6 Å². The largest absolute Gasteiger partial charge is 0.384 e. The van der Waals surface area contributed by atoms with Gasteiger partial charge in [-0.25, -0.2) is 4.39 Å². The fraction of sp³-hybridized carbons (Fsp3) is 0.333. The smallest absolute Gasteiger partial charge is 0.142 e. The molecule has 1 rings (SSSR count). The van der Waals surface area contributed by atoms with Crippen molar-refractivity contribution in [1.29, 1.82) is 0 Å². The number of halogens is 3. The lowest BCUT2D eigenvalue weighted by Gasteiger charge is -2.23. The van der Waals surface area contributed by atoms with Crippen LogP contribution in [0.1, 0.15) is 12.5 Å². The summed E-state index contributed by atoms with van der Waals surface area (Å²) in [7, 11) is 0. The van der Waals surface area contributed by atoms with E-state index in [-0.39, 0.29) is 22.2 Å². The molecule has 0 bridgehead atoms. The van der Waals surface area contributed by atoms with Crippen molar-refractivity contribution >= 4 is 23.2 Å². The minimum atomic E-state index is -1.34. The second-order valence-corrected chi connectivity index (χ2v) is 4.04. The van der Waals surface area contributed by atoms with E-state index < -0.39 is 11.4 Å². The van der Waals surface area contributed by atoms with Crippen LogP contribution < -0.4 is 5.73 Å². The molecule has 0 fully saturated rings. The molecule has 0 aliphatic carbocycles. The molecule has 1 aromatic rings. The van der Waals surface area contributed by atoms with Crippen LogP contribution in [0, 0.1) is 5.82 Å². The Morgan fingerprint density at radius 3 is 2.50 bits per heavy atom. The van der Waals surface area contributed by atoms with Crippen LogP contribution in [0.5, 0.6) is 0 Å². The highest BCUT2D eigenvalue weighted by atomic mass is 35.5. The van der Waals surface area contributed by atoms with Crippen LogP contribution in [-0.2, 0) is 5.60 Å². The summed E-state index contributed by atoms with van der Waals surface area (Å²) >= 11 is 11.3. The van der Waals surface area contributed by atoms with Crippen LogP contribution in [0.4, 0.5) is 4.39 Å². The zero-order valence-electron chi connectivity index (χ0n) is 7.52. The average Bonchev–Trinajstić information content (AvgIpc) is 2.11. The molecule has 0 saturated heterocycles. The third kappa shape index (κ3) is 2.17. The van der Waals surface area contributed by atoms with Crippen LogP contribution in [-0.4, -0.2) is 11.7 Å². The molecule has 0 aromatic heterocycles. The average molecular weight is 238 g/mol. The molecule has 0 heterocycles. The van der Waals surface area contributed by atoms with Crippen molar-refractivity contribution in [2.45, 2.75) is 12.5 Å². The molecule has 5 heteroatoms. The summed E-state index contributed by atoms with van der Waals surface area (Å²) in [6, 6.07) is 2.34. The molecule has 0 saturated carbocycles. The molecule has 0 aliphatic heterocycles. The van der Waals surface area contributed by atoms with Crippen molar-refractivity contribution in [3.8, 4) is 0 Å². The van der Waals surface area contributed by atoms with Gasteiger partial charge in [-0.3, -0.25) is 0 Å². The Labute approximate surface area is 91.4 Å². The van der Waals surface area contributed by atoms with Gasteiger partial charge in [-0.15, -0.1) is 0 Å². The van der Waals surface area contributed by atoms with E-state index in [1.54, 1.807) is 0 Å². The van der Waals surface area contributed by atoms with Gasteiger partial charge in [0.15, 0.2) is 0 Å². The van der Waals surface area contributed by atoms with Gasteiger partial charge in [0.1, 0.15) is 11.4 Å². The highest BCUT2D eigenvalue weighted by Gasteiger charge is 2.25. The summed E-state index contributed by atoms with van der Waals surface area (Å²) < 4.78 is 13.1. The van der Waals surface area contributed by atoms with Crippen LogP contribution in [0.25, 0.3) is 0 Å². The zero-order chi connectivity index (χ0) is 10.9. The second kappa shape index (κ2) is 4.03. The predicted octanol–water partition coefficient (Wildman–Crippen LogP) is 2.30. The number of hydrogen-bond acceptors (Lipinski definition) is 2. The molecule has 2 nitrogen and oxygen atoms in total. The summed E-state index contributed by atoms with van der Waals surface area (Å²) in [6.45, 7) is 1.41. The Morgan fingerprint density at radius 1 is 1.43 bits per heavy atom. The van der Waals surface area contributed by atoms with E-state index in [0.717, 1.165) is 6.07 Å². The molecular weight excluding hydrogens is 228 g/mol. The Kier molecular flexibility index (Phi) is 3.37. The Bertz CT molecular complexity index is 355. The van der Waals surface area contributed by atoms with E-state index in [4.69, 9.17) is 28.9 Å². The van der Waals surface area contributed by atoms with Gasteiger partial charge in [-0.1, -0.05) is 23.2 Å². The number of benzene rings is 1. The molecule has 0 radical (unpaired) electrons. The van der Waals surface area contributed by atoms with E-state index in [9.17, 15) is 9.50 Å². The van der Waals surface area contributed by atoms with E-state index in [2.05, 4.69) is 0 Å². The lowest BCUT2D eigenvalue weighted by molar-refractivity contribution is 0.0666. The first-order chi connectivity index (χ1) is 6.38. The van der Waals surface area contributed by atoms with Gasteiger partial charge in [0, 0.05) is 17.1 Å². The Morgan fingerprint density at radius 2 is 2.00 bits per heavy atom. The normalized spacial score (nSPS) is 15.3. The van der Waals surface area contributed by atoms with Crippen LogP contribution in [0.3, 0.4) is 0 Å². The quantitative estimate of drug-likeness (QED) is 0.776. The van der Waals surface area contributed by atoms with Crippen molar-refractivity contribution in [3.63, 3.8) is 0 Å². The van der Waals surface area contributed by atoms with Gasteiger partial charge in [-0.05, 0) is 19.1 Å². The standard InChI is InChI=1S/C9H10Cl2FNO/c1-9(14,4-13)5-2-8(12)7(11)3-6(5)10/h2-3,14H,4,13H2,1H3. The van der Waals surface area contributed by atoms with E-state index in [1.807, 2.05) is 0 Å². The first-order valence-corrected chi connectivity index (χ1v) is 4.71. The third-order valence-electron chi connectivity index (χ3n) is 1.99. The van der Waals surface area contributed by atoms with Crippen LogP contribution in [0.2, 0.25) is 10.0 Å². The first kappa shape index (κ1) is 11.7. The summed E-state index contributed by atoms with van der Waals surface area (Å²) in [5.41, 5.74) is 4.23. The molecule has 3 N–H and O–H groups in total. The van der Waals surface area contributed by atoms with Crippen molar-refractivity contribution in [1.82, 2.24) is 0 Å². The van der Waals surface area contributed by atoms with Crippen LogP contribution in [0.15, 0.2) is 12.1 Å². The van der Waals surface area contributed by atoms with Crippen molar-refractivity contribution in [2.24, 2.45) is 5.73 Å². The topological polar surface area (TPSA) is 46.2 Å². The monoisotopic (exact) mass is 237 g/mol. The summed E-state index contributed by atoms with van der Waals surface area (Å²) in [4.78, 5) is 0. The number of aliphatic hydroxyl groups is 1. The highest BCUT2D eigenvalue weighted by molar-refractivity contribution is 6.35. The van der Waals surface area contributed by atoms with E-state index in [1.165, 1.54) is 13.0 Å². The Balaban J connectivity index is 3.29. The molecule has 1 atom stereocenters. The SMILES string of the molecule is CC(O)(CN)c1cc(F)c(Cl)cc1Cl. The van der Waals surface area contributed by atoms with Gasteiger partial charge in [0.2, 0.25) is 0 Å². The fourth-order valence-corrected chi connectivity index (χ4v) is 1.63. The van der Waals surface area contributed by atoms with Crippen LogP contribution >= 0.6 is 23.2 Å². The minimum Gasteiger partial charge on any atom is -0.384 e. The molecule has 1 aromatic carbocycles. The number of hydrogen-bond donors (Lipinski definition) is 2.